The number of nitrogens with zero attached hydrogens (tertiary/aromatic N) is 1. The third kappa shape index (κ3) is 4.77. The summed E-state index contributed by atoms with van der Waals surface area (Å²) < 4.78 is 0. The van der Waals surface area contributed by atoms with Crippen LogP contribution < -0.4 is 10.7 Å². The smallest absolute Gasteiger partial charge is 0.335 e. The summed E-state index contributed by atoms with van der Waals surface area (Å²) in [5.41, 5.74) is 4.38. The molecule has 0 radical (unpaired) electrons. The SMILES string of the molecule is Cc1ccc(NC(=O)C(=O)N/N=C/c2ccc(C(=O)O)cc2)cc1. The number of aromatic carboxylic acids is 1. The van der Waals surface area contributed by atoms with Gasteiger partial charge in [-0.2, -0.15) is 5.10 Å². The van der Waals surface area contributed by atoms with E-state index in [1.807, 2.05) is 19.1 Å². The molecule has 7 heteroatoms. The standard InChI is InChI=1S/C17H15N3O4/c1-11-2-8-14(9-3-11)19-15(21)16(22)20-18-10-12-4-6-13(7-5-12)17(23)24/h2-10H,1H3,(H,19,21)(H,20,22)(H,23,24)/b18-10+. The Morgan fingerprint density at radius 2 is 1.58 bits per heavy atom. The maximum Gasteiger partial charge on any atom is 0.335 e. The number of hydrogen-bond acceptors (Lipinski definition) is 4. The van der Waals surface area contributed by atoms with Crippen molar-refractivity contribution >= 4 is 29.7 Å². The van der Waals surface area contributed by atoms with E-state index in [1.54, 1.807) is 12.1 Å². The molecule has 3 N–H and O–H groups in total. The Balaban J connectivity index is 1.88. The van der Waals surface area contributed by atoms with Crippen molar-refractivity contribution in [2.75, 3.05) is 5.32 Å². The molecule has 0 aliphatic carbocycles. The number of carbonyl (C=O) groups excluding carboxylic acids is 2. The number of rotatable bonds is 4. The number of hydrazone groups is 1. The number of aryl methyl sites for hydroxylation is 1. The largest absolute Gasteiger partial charge is 0.478 e. The first kappa shape index (κ1) is 16.9. The minimum atomic E-state index is -1.03. The molecule has 0 unspecified atom stereocenters. The van der Waals surface area contributed by atoms with Gasteiger partial charge in [0, 0.05) is 5.69 Å². The lowest BCUT2D eigenvalue weighted by molar-refractivity contribution is -0.136. The van der Waals surface area contributed by atoms with Gasteiger partial charge < -0.3 is 10.4 Å². The van der Waals surface area contributed by atoms with Crippen LogP contribution in [0.1, 0.15) is 21.5 Å². The minimum Gasteiger partial charge on any atom is -0.478 e. The summed E-state index contributed by atoms with van der Waals surface area (Å²) in [6.07, 6.45) is 1.31. The second-order valence-electron chi connectivity index (χ2n) is 4.95. The van der Waals surface area contributed by atoms with Gasteiger partial charge in [0.2, 0.25) is 0 Å². The number of anilines is 1. The highest BCUT2D eigenvalue weighted by molar-refractivity contribution is 6.39. The fraction of sp³-hybridized carbons (Fsp3) is 0.0588. The van der Waals surface area contributed by atoms with E-state index in [-0.39, 0.29) is 5.56 Å². The third-order valence-corrected chi connectivity index (χ3v) is 3.05. The number of hydrogen-bond donors (Lipinski definition) is 3. The molecular weight excluding hydrogens is 310 g/mol. The summed E-state index contributed by atoms with van der Waals surface area (Å²) >= 11 is 0. The van der Waals surface area contributed by atoms with Crippen LogP contribution >= 0.6 is 0 Å². The lowest BCUT2D eigenvalue weighted by Gasteiger charge is -2.04. The summed E-state index contributed by atoms with van der Waals surface area (Å²) in [6.45, 7) is 1.91. The van der Waals surface area contributed by atoms with E-state index >= 15 is 0 Å². The Morgan fingerprint density at radius 3 is 2.17 bits per heavy atom. The molecule has 0 aliphatic heterocycles. The second kappa shape index (κ2) is 7.68. The fourth-order valence-corrected chi connectivity index (χ4v) is 1.75. The van der Waals surface area contributed by atoms with Gasteiger partial charge in [-0.3, -0.25) is 9.59 Å². The highest BCUT2D eigenvalue weighted by atomic mass is 16.4. The third-order valence-electron chi connectivity index (χ3n) is 3.05. The first-order chi connectivity index (χ1) is 11.5. The predicted molar refractivity (Wildman–Crippen MR) is 88.9 cm³/mol. The molecule has 0 atom stereocenters. The second-order valence-corrected chi connectivity index (χ2v) is 4.95. The van der Waals surface area contributed by atoms with Crippen molar-refractivity contribution < 1.29 is 19.5 Å². The van der Waals surface area contributed by atoms with Crippen LogP contribution in [0.15, 0.2) is 53.6 Å². The summed E-state index contributed by atoms with van der Waals surface area (Å²) in [7, 11) is 0. The normalized spacial score (nSPS) is 10.4. The Hall–Kier alpha value is -3.48. The van der Waals surface area contributed by atoms with Crippen molar-refractivity contribution in [2.45, 2.75) is 6.92 Å². The minimum absolute atomic E-state index is 0.147. The molecule has 2 aromatic rings. The van der Waals surface area contributed by atoms with Crippen molar-refractivity contribution in [2.24, 2.45) is 5.10 Å². The Bertz CT molecular complexity index is 780. The van der Waals surface area contributed by atoms with Gasteiger partial charge in [0.15, 0.2) is 0 Å². The van der Waals surface area contributed by atoms with E-state index in [1.165, 1.54) is 30.5 Å². The fourth-order valence-electron chi connectivity index (χ4n) is 1.75. The van der Waals surface area contributed by atoms with Crippen LogP contribution in [0.25, 0.3) is 0 Å². The van der Waals surface area contributed by atoms with Gasteiger partial charge in [-0.05, 0) is 36.8 Å². The number of carboxylic acid groups (broad SMARTS) is 1. The van der Waals surface area contributed by atoms with Gasteiger partial charge in [0.25, 0.3) is 0 Å². The number of carboxylic acids is 1. The molecule has 0 saturated heterocycles. The molecule has 122 valence electrons. The lowest BCUT2D eigenvalue weighted by atomic mass is 10.1. The van der Waals surface area contributed by atoms with Crippen LogP contribution in [0.4, 0.5) is 5.69 Å². The van der Waals surface area contributed by atoms with Gasteiger partial charge in [-0.25, -0.2) is 10.2 Å². The van der Waals surface area contributed by atoms with Crippen molar-refractivity contribution in [1.82, 2.24) is 5.43 Å². The van der Waals surface area contributed by atoms with Gasteiger partial charge in [-0.1, -0.05) is 29.8 Å². The topological polar surface area (TPSA) is 108 Å². The summed E-state index contributed by atoms with van der Waals surface area (Å²) in [4.78, 5) is 34.1. The number of benzene rings is 2. The number of carbonyl (C=O) groups is 3. The maximum absolute atomic E-state index is 11.7. The average Bonchev–Trinajstić information content (AvgIpc) is 2.57. The summed E-state index contributed by atoms with van der Waals surface area (Å²) in [5, 5.41) is 14.9. The van der Waals surface area contributed by atoms with Crippen LogP contribution in [-0.4, -0.2) is 29.1 Å². The first-order valence-electron chi connectivity index (χ1n) is 7.00. The predicted octanol–water partition coefficient (Wildman–Crippen LogP) is 1.78. The number of nitrogens with one attached hydrogen (secondary N) is 2. The Kier molecular flexibility index (Phi) is 5.40. The summed E-state index contributed by atoms with van der Waals surface area (Å²) in [5.74, 6) is -2.77. The Labute approximate surface area is 138 Å². The molecule has 2 aromatic carbocycles. The van der Waals surface area contributed by atoms with Crippen molar-refractivity contribution in [3.63, 3.8) is 0 Å². The molecule has 0 heterocycles. The van der Waals surface area contributed by atoms with Crippen molar-refractivity contribution in [3.05, 3.63) is 65.2 Å². The molecule has 0 aliphatic rings. The zero-order chi connectivity index (χ0) is 17.5. The molecule has 2 rings (SSSR count). The molecule has 0 saturated carbocycles. The lowest BCUT2D eigenvalue weighted by Crippen LogP contribution is -2.32. The van der Waals surface area contributed by atoms with E-state index in [4.69, 9.17) is 5.11 Å². The van der Waals surface area contributed by atoms with Gasteiger partial charge in [0.05, 0.1) is 11.8 Å². The van der Waals surface area contributed by atoms with Gasteiger partial charge in [-0.15, -0.1) is 0 Å². The monoisotopic (exact) mass is 325 g/mol. The van der Waals surface area contributed by atoms with E-state index < -0.39 is 17.8 Å². The Morgan fingerprint density at radius 1 is 0.958 bits per heavy atom. The van der Waals surface area contributed by atoms with E-state index in [0.29, 0.717) is 11.3 Å². The zero-order valence-corrected chi connectivity index (χ0v) is 12.8. The van der Waals surface area contributed by atoms with Crippen LogP contribution in [0.5, 0.6) is 0 Å². The quantitative estimate of drug-likeness (QED) is 0.452. The molecule has 7 nitrogen and oxygen atoms in total. The highest BCUT2D eigenvalue weighted by Gasteiger charge is 2.12. The van der Waals surface area contributed by atoms with E-state index in [9.17, 15) is 14.4 Å². The van der Waals surface area contributed by atoms with E-state index in [0.717, 1.165) is 5.56 Å². The van der Waals surface area contributed by atoms with E-state index in [2.05, 4.69) is 15.8 Å². The molecule has 2 amide bonds. The first-order valence-corrected chi connectivity index (χ1v) is 7.00. The number of amides is 2. The van der Waals surface area contributed by atoms with Crippen LogP contribution in [0.3, 0.4) is 0 Å². The average molecular weight is 325 g/mol. The molecule has 0 bridgehead atoms. The van der Waals surface area contributed by atoms with Crippen LogP contribution in [0, 0.1) is 6.92 Å². The molecular formula is C17H15N3O4. The molecule has 0 spiro atoms. The molecule has 0 aromatic heterocycles. The zero-order valence-electron chi connectivity index (χ0n) is 12.8. The van der Waals surface area contributed by atoms with Crippen LogP contribution in [-0.2, 0) is 9.59 Å². The van der Waals surface area contributed by atoms with Crippen LogP contribution in [0.2, 0.25) is 0 Å². The van der Waals surface area contributed by atoms with Gasteiger partial charge >= 0.3 is 17.8 Å². The maximum atomic E-state index is 11.7. The molecule has 24 heavy (non-hydrogen) atoms. The van der Waals surface area contributed by atoms with Crippen molar-refractivity contribution in [1.29, 1.82) is 0 Å². The molecule has 0 fully saturated rings. The van der Waals surface area contributed by atoms with Gasteiger partial charge in [0.1, 0.15) is 0 Å². The van der Waals surface area contributed by atoms with Crippen molar-refractivity contribution in [3.8, 4) is 0 Å². The summed E-state index contributed by atoms with van der Waals surface area (Å²) in [6, 6.07) is 12.9. The highest BCUT2D eigenvalue weighted by Crippen LogP contribution is 2.08.